The maximum atomic E-state index is 15.0. The quantitative estimate of drug-likeness (QED) is 0.944. The number of nitrogens with zero attached hydrogens (tertiary/aromatic N) is 2. The highest BCUT2D eigenvalue weighted by atomic mass is 35.5. The number of benzene rings is 1. The summed E-state index contributed by atoms with van der Waals surface area (Å²) in [7, 11) is 0. The lowest BCUT2D eigenvalue weighted by Gasteiger charge is -2.21. The van der Waals surface area contributed by atoms with E-state index in [9.17, 15) is 0 Å². The molecule has 1 unspecified atom stereocenters. The minimum atomic E-state index is -1.32. The van der Waals surface area contributed by atoms with Gasteiger partial charge in [-0.2, -0.15) is 0 Å². The highest BCUT2D eigenvalue weighted by Gasteiger charge is 2.39. The lowest BCUT2D eigenvalue weighted by molar-refractivity contribution is 0.165. The largest absolute Gasteiger partial charge is 0.375 e. The first-order valence-electron chi connectivity index (χ1n) is 6.43. The summed E-state index contributed by atoms with van der Waals surface area (Å²) in [4.78, 5) is 7.18. The summed E-state index contributed by atoms with van der Waals surface area (Å²) in [5.41, 5.74) is 4.96. The number of thiazole rings is 1. The van der Waals surface area contributed by atoms with Crippen molar-refractivity contribution in [3.63, 3.8) is 0 Å². The van der Waals surface area contributed by atoms with Gasteiger partial charge in [0.1, 0.15) is 5.67 Å². The van der Waals surface area contributed by atoms with E-state index in [2.05, 4.69) is 9.88 Å². The van der Waals surface area contributed by atoms with Crippen molar-refractivity contribution in [1.82, 2.24) is 9.88 Å². The van der Waals surface area contributed by atoms with Gasteiger partial charge in [0, 0.05) is 35.7 Å². The normalized spacial score (nSPS) is 23.3. The van der Waals surface area contributed by atoms with E-state index >= 15 is 4.39 Å². The number of hydrogen-bond donors (Lipinski definition) is 1. The molecule has 106 valence electrons. The van der Waals surface area contributed by atoms with Gasteiger partial charge in [-0.05, 0) is 24.1 Å². The molecule has 6 heteroatoms. The lowest BCUT2D eigenvalue weighted by Crippen LogP contribution is -2.26. The molecule has 3 nitrogen and oxygen atoms in total. The van der Waals surface area contributed by atoms with Crippen LogP contribution in [0.4, 0.5) is 9.52 Å². The highest BCUT2D eigenvalue weighted by Crippen LogP contribution is 2.37. The molecule has 1 aromatic heterocycles. The summed E-state index contributed by atoms with van der Waals surface area (Å²) in [5, 5.41) is 1.13. The first kappa shape index (κ1) is 13.8. The number of rotatable bonds is 3. The van der Waals surface area contributed by atoms with Gasteiger partial charge in [0.2, 0.25) is 0 Å². The van der Waals surface area contributed by atoms with Crippen LogP contribution in [0.5, 0.6) is 0 Å². The van der Waals surface area contributed by atoms with E-state index in [1.54, 1.807) is 30.5 Å². The number of likely N-dealkylation sites (tertiary alicyclic amines) is 1. The van der Waals surface area contributed by atoms with Crippen LogP contribution in [-0.2, 0) is 12.2 Å². The lowest BCUT2D eigenvalue weighted by atomic mass is 9.95. The second kappa shape index (κ2) is 5.31. The van der Waals surface area contributed by atoms with Gasteiger partial charge in [-0.1, -0.05) is 23.7 Å². The van der Waals surface area contributed by atoms with Crippen molar-refractivity contribution in [2.24, 2.45) is 0 Å². The zero-order chi connectivity index (χ0) is 14.2. The highest BCUT2D eigenvalue weighted by molar-refractivity contribution is 7.15. The molecule has 0 aliphatic carbocycles. The predicted octanol–water partition coefficient (Wildman–Crippen LogP) is 3.45. The smallest absolute Gasteiger partial charge is 0.180 e. The fourth-order valence-corrected chi connectivity index (χ4v) is 3.52. The van der Waals surface area contributed by atoms with Gasteiger partial charge >= 0.3 is 0 Å². The third-order valence-corrected chi connectivity index (χ3v) is 4.64. The molecule has 2 N–H and O–H groups in total. The van der Waals surface area contributed by atoms with Crippen molar-refractivity contribution < 1.29 is 4.39 Å². The molecule has 1 fully saturated rings. The number of aromatic nitrogens is 1. The van der Waals surface area contributed by atoms with Crippen molar-refractivity contribution in [3.8, 4) is 0 Å². The van der Waals surface area contributed by atoms with Gasteiger partial charge in [-0.3, -0.25) is 4.90 Å². The van der Waals surface area contributed by atoms with Crippen molar-refractivity contribution in [3.05, 3.63) is 45.9 Å². The number of halogens is 2. The Morgan fingerprint density at radius 1 is 1.50 bits per heavy atom. The van der Waals surface area contributed by atoms with E-state index in [0.717, 1.165) is 11.4 Å². The van der Waals surface area contributed by atoms with E-state index < -0.39 is 5.67 Å². The van der Waals surface area contributed by atoms with E-state index in [1.807, 2.05) is 0 Å². The molecule has 20 heavy (non-hydrogen) atoms. The molecule has 1 aromatic carbocycles. The summed E-state index contributed by atoms with van der Waals surface area (Å²) in [6, 6.07) is 7.09. The van der Waals surface area contributed by atoms with Crippen LogP contribution in [0.15, 0.2) is 30.5 Å². The van der Waals surface area contributed by atoms with E-state index in [1.165, 1.54) is 11.3 Å². The molecule has 1 atom stereocenters. The summed E-state index contributed by atoms with van der Waals surface area (Å²) in [6.07, 6.45) is 2.25. The van der Waals surface area contributed by atoms with E-state index in [0.29, 0.717) is 35.2 Å². The van der Waals surface area contributed by atoms with Gasteiger partial charge in [-0.15, -0.1) is 11.3 Å². The summed E-state index contributed by atoms with van der Waals surface area (Å²) in [6.45, 7) is 1.80. The van der Waals surface area contributed by atoms with Gasteiger partial charge in [0.25, 0.3) is 0 Å². The maximum absolute atomic E-state index is 15.0. The van der Waals surface area contributed by atoms with Crippen molar-refractivity contribution in [1.29, 1.82) is 0 Å². The van der Waals surface area contributed by atoms with Crippen LogP contribution in [0.3, 0.4) is 0 Å². The molecule has 1 aliphatic heterocycles. The minimum absolute atomic E-state index is 0.380. The first-order valence-corrected chi connectivity index (χ1v) is 7.62. The maximum Gasteiger partial charge on any atom is 0.180 e. The molecule has 1 saturated heterocycles. The molecule has 2 aromatic rings. The Kier molecular flexibility index (Phi) is 3.67. The molecule has 1 aliphatic rings. The average molecular weight is 312 g/mol. The van der Waals surface area contributed by atoms with Crippen LogP contribution in [0, 0.1) is 0 Å². The summed E-state index contributed by atoms with van der Waals surface area (Å²) in [5.74, 6) is 0. The molecule has 0 spiro atoms. The standard InChI is InChI=1S/C14H15ClFN3S/c15-11-3-1-2-10(6-11)14(16)4-5-19(9-14)8-12-7-18-13(17)20-12/h1-3,6-7H,4-5,8-9H2,(H2,17,18). The third-order valence-electron chi connectivity index (χ3n) is 3.59. The Morgan fingerprint density at radius 3 is 3.05 bits per heavy atom. The molecular weight excluding hydrogens is 297 g/mol. The Balaban J connectivity index is 1.72. The van der Waals surface area contributed by atoms with Crippen LogP contribution in [0.1, 0.15) is 16.9 Å². The van der Waals surface area contributed by atoms with Crippen LogP contribution in [0.2, 0.25) is 5.02 Å². The monoisotopic (exact) mass is 311 g/mol. The average Bonchev–Trinajstić information content (AvgIpc) is 2.98. The Bertz CT molecular complexity index is 618. The van der Waals surface area contributed by atoms with Crippen LogP contribution in [-0.4, -0.2) is 23.0 Å². The molecule has 3 rings (SSSR count). The van der Waals surface area contributed by atoms with Crippen molar-refractivity contribution in [2.75, 3.05) is 18.8 Å². The van der Waals surface area contributed by atoms with Crippen molar-refractivity contribution >= 4 is 28.1 Å². The van der Waals surface area contributed by atoms with E-state index in [-0.39, 0.29) is 0 Å². The number of alkyl halides is 1. The zero-order valence-corrected chi connectivity index (χ0v) is 12.4. The van der Waals surface area contributed by atoms with Gasteiger partial charge in [0.05, 0.1) is 0 Å². The molecule has 2 heterocycles. The summed E-state index contributed by atoms with van der Waals surface area (Å²) >= 11 is 7.41. The zero-order valence-electron chi connectivity index (χ0n) is 10.9. The fraction of sp³-hybridized carbons (Fsp3) is 0.357. The minimum Gasteiger partial charge on any atom is -0.375 e. The topological polar surface area (TPSA) is 42.1 Å². The molecule has 0 bridgehead atoms. The number of nitrogens with two attached hydrogens (primary N) is 1. The molecular formula is C14H15ClFN3S. The van der Waals surface area contributed by atoms with E-state index in [4.69, 9.17) is 17.3 Å². The fourth-order valence-electron chi connectivity index (χ4n) is 2.60. The van der Waals surface area contributed by atoms with Crippen LogP contribution in [0.25, 0.3) is 0 Å². The van der Waals surface area contributed by atoms with Crippen LogP contribution >= 0.6 is 22.9 Å². The molecule has 0 amide bonds. The molecule has 0 saturated carbocycles. The second-order valence-corrected chi connectivity index (χ2v) is 6.68. The second-order valence-electron chi connectivity index (χ2n) is 5.10. The summed E-state index contributed by atoms with van der Waals surface area (Å²) < 4.78 is 15.0. The first-order chi connectivity index (χ1) is 9.55. The number of nitrogen functional groups attached to an aromatic ring is 1. The number of hydrogen-bond acceptors (Lipinski definition) is 4. The Labute approximate surface area is 126 Å². The SMILES string of the molecule is Nc1ncc(CN2CCC(F)(c3cccc(Cl)c3)C2)s1. The Morgan fingerprint density at radius 2 is 2.35 bits per heavy atom. The molecule has 0 radical (unpaired) electrons. The third kappa shape index (κ3) is 2.80. The van der Waals surface area contributed by atoms with Gasteiger partial charge < -0.3 is 5.73 Å². The predicted molar refractivity (Wildman–Crippen MR) is 80.7 cm³/mol. The van der Waals surface area contributed by atoms with Gasteiger partial charge in [-0.25, -0.2) is 9.37 Å². The van der Waals surface area contributed by atoms with Crippen molar-refractivity contribution in [2.45, 2.75) is 18.6 Å². The number of anilines is 1. The van der Waals surface area contributed by atoms with Crippen LogP contribution < -0.4 is 5.73 Å². The Hall–Kier alpha value is -1.17. The van der Waals surface area contributed by atoms with Gasteiger partial charge in [0.15, 0.2) is 5.13 Å².